The van der Waals surface area contributed by atoms with E-state index in [1.807, 2.05) is 46.7 Å². The van der Waals surface area contributed by atoms with E-state index in [1.165, 1.54) is 22.3 Å². The Morgan fingerprint density at radius 3 is 2.44 bits per heavy atom. The number of hydrogen-bond acceptors (Lipinski definition) is 6. The highest BCUT2D eigenvalue weighted by Gasteiger charge is 2.27. The lowest BCUT2D eigenvalue weighted by Gasteiger charge is -2.34. The summed E-state index contributed by atoms with van der Waals surface area (Å²) in [7, 11) is 0. The topological polar surface area (TPSA) is 84.2 Å². The van der Waals surface area contributed by atoms with Gasteiger partial charge < -0.3 is 9.80 Å². The van der Waals surface area contributed by atoms with Crippen LogP contribution in [0.1, 0.15) is 9.67 Å². The fourth-order valence-electron chi connectivity index (χ4n) is 3.11. The number of thiophene rings is 1. The molecule has 0 atom stereocenters. The first-order chi connectivity index (χ1) is 13.2. The molecule has 1 aromatic carbocycles. The van der Waals surface area contributed by atoms with E-state index in [9.17, 15) is 9.59 Å². The Balaban J connectivity index is 1.40. The van der Waals surface area contributed by atoms with Gasteiger partial charge in [0.05, 0.1) is 4.88 Å². The molecule has 3 heterocycles. The average molecular weight is 382 g/mol. The van der Waals surface area contributed by atoms with Crippen LogP contribution in [0.25, 0.3) is 11.1 Å². The van der Waals surface area contributed by atoms with Crippen LogP contribution in [-0.4, -0.2) is 68.0 Å². The minimum absolute atomic E-state index is 0.0245. The summed E-state index contributed by atoms with van der Waals surface area (Å²) in [6, 6.07) is 11.9. The second kappa shape index (κ2) is 7.67. The second-order valence-electron chi connectivity index (χ2n) is 6.21. The number of hydrogen-bond donors (Lipinski definition) is 0. The van der Waals surface area contributed by atoms with Gasteiger partial charge in [-0.05, 0) is 27.4 Å². The molecule has 0 spiro atoms. The molecular formula is C18H18N6O2S. The van der Waals surface area contributed by atoms with Crippen molar-refractivity contribution in [3.63, 3.8) is 0 Å². The van der Waals surface area contributed by atoms with Crippen LogP contribution in [0.3, 0.4) is 0 Å². The highest BCUT2D eigenvalue weighted by Crippen LogP contribution is 2.29. The van der Waals surface area contributed by atoms with E-state index in [-0.39, 0.29) is 18.4 Å². The van der Waals surface area contributed by atoms with Gasteiger partial charge in [0.15, 0.2) is 0 Å². The Kier molecular flexibility index (Phi) is 4.93. The number of amides is 2. The number of carbonyl (C=O) groups is 2. The molecule has 3 aromatic rings. The highest BCUT2D eigenvalue weighted by molar-refractivity contribution is 7.12. The molecule has 0 aliphatic carbocycles. The third kappa shape index (κ3) is 3.72. The monoisotopic (exact) mass is 382 g/mol. The Morgan fingerprint density at radius 2 is 1.74 bits per heavy atom. The third-order valence-corrected chi connectivity index (χ3v) is 5.45. The van der Waals surface area contributed by atoms with Gasteiger partial charge in [0.1, 0.15) is 12.9 Å². The zero-order valence-corrected chi connectivity index (χ0v) is 15.4. The third-order valence-electron chi connectivity index (χ3n) is 4.55. The highest BCUT2D eigenvalue weighted by atomic mass is 32.1. The molecule has 8 nitrogen and oxygen atoms in total. The summed E-state index contributed by atoms with van der Waals surface area (Å²) in [5.74, 6) is -0.0214. The van der Waals surface area contributed by atoms with Gasteiger partial charge in [-0.25, -0.2) is 4.68 Å². The number of tetrazole rings is 1. The molecule has 138 valence electrons. The van der Waals surface area contributed by atoms with Crippen LogP contribution >= 0.6 is 11.3 Å². The average Bonchev–Trinajstić information content (AvgIpc) is 3.40. The SMILES string of the molecule is O=C(Cn1cnnn1)N1CCN(C(=O)c2sccc2-c2ccccc2)CC1. The van der Waals surface area contributed by atoms with E-state index in [4.69, 9.17) is 0 Å². The van der Waals surface area contributed by atoms with Gasteiger partial charge in [0, 0.05) is 31.7 Å². The van der Waals surface area contributed by atoms with Crippen LogP contribution in [-0.2, 0) is 11.3 Å². The van der Waals surface area contributed by atoms with Crippen molar-refractivity contribution in [3.05, 3.63) is 53.0 Å². The Bertz CT molecular complexity index is 917. The molecule has 2 amide bonds. The van der Waals surface area contributed by atoms with Gasteiger partial charge in [-0.2, -0.15) is 0 Å². The first-order valence-corrected chi connectivity index (χ1v) is 9.51. The summed E-state index contributed by atoms with van der Waals surface area (Å²) >= 11 is 1.46. The van der Waals surface area contributed by atoms with Gasteiger partial charge in [-0.3, -0.25) is 9.59 Å². The number of piperazine rings is 1. The molecule has 1 fully saturated rings. The van der Waals surface area contributed by atoms with Crippen molar-refractivity contribution in [2.45, 2.75) is 6.54 Å². The van der Waals surface area contributed by atoms with E-state index >= 15 is 0 Å². The lowest BCUT2D eigenvalue weighted by molar-refractivity contribution is -0.133. The summed E-state index contributed by atoms with van der Waals surface area (Å²) in [4.78, 5) is 29.6. The maximum atomic E-state index is 13.0. The van der Waals surface area contributed by atoms with Crippen LogP contribution in [0.4, 0.5) is 0 Å². The zero-order chi connectivity index (χ0) is 18.6. The smallest absolute Gasteiger partial charge is 0.264 e. The fraction of sp³-hybridized carbons (Fsp3) is 0.278. The first-order valence-electron chi connectivity index (χ1n) is 8.63. The van der Waals surface area contributed by atoms with Gasteiger partial charge >= 0.3 is 0 Å². The number of carbonyl (C=O) groups excluding carboxylic acids is 2. The lowest BCUT2D eigenvalue weighted by Crippen LogP contribution is -2.51. The summed E-state index contributed by atoms with van der Waals surface area (Å²) in [5, 5.41) is 12.7. The molecule has 27 heavy (non-hydrogen) atoms. The molecular weight excluding hydrogens is 364 g/mol. The number of aromatic nitrogens is 4. The maximum Gasteiger partial charge on any atom is 0.264 e. The van der Waals surface area contributed by atoms with Gasteiger partial charge in [0.25, 0.3) is 5.91 Å². The number of nitrogens with zero attached hydrogens (tertiary/aromatic N) is 6. The van der Waals surface area contributed by atoms with Gasteiger partial charge in [0.2, 0.25) is 5.91 Å². The van der Waals surface area contributed by atoms with Gasteiger partial charge in [-0.1, -0.05) is 30.3 Å². The normalized spacial score (nSPS) is 14.4. The van der Waals surface area contributed by atoms with Crippen molar-refractivity contribution in [2.24, 2.45) is 0 Å². The Morgan fingerprint density at radius 1 is 1.00 bits per heavy atom. The quantitative estimate of drug-likeness (QED) is 0.681. The Labute approximate surface area is 160 Å². The van der Waals surface area contributed by atoms with E-state index in [0.717, 1.165) is 16.0 Å². The van der Waals surface area contributed by atoms with Crippen molar-refractivity contribution in [1.29, 1.82) is 0 Å². The molecule has 1 aliphatic rings. The molecule has 9 heteroatoms. The van der Waals surface area contributed by atoms with E-state index < -0.39 is 0 Å². The molecule has 0 radical (unpaired) electrons. The fourth-order valence-corrected chi connectivity index (χ4v) is 4.00. The molecule has 1 saturated heterocycles. The van der Waals surface area contributed by atoms with E-state index in [1.54, 1.807) is 4.90 Å². The zero-order valence-electron chi connectivity index (χ0n) is 14.6. The predicted octanol–water partition coefficient (Wildman–Crippen LogP) is 1.39. The van der Waals surface area contributed by atoms with Crippen molar-refractivity contribution < 1.29 is 9.59 Å². The van der Waals surface area contributed by atoms with E-state index in [2.05, 4.69) is 15.5 Å². The molecule has 0 bridgehead atoms. The molecule has 0 N–H and O–H groups in total. The molecule has 0 saturated carbocycles. The van der Waals surface area contributed by atoms with Crippen molar-refractivity contribution in [2.75, 3.05) is 26.2 Å². The van der Waals surface area contributed by atoms with Crippen molar-refractivity contribution >= 4 is 23.2 Å². The molecule has 0 unspecified atom stereocenters. The predicted molar refractivity (Wildman–Crippen MR) is 100 cm³/mol. The second-order valence-corrected chi connectivity index (χ2v) is 7.13. The van der Waals surface area contributed by atoms with Crippen molar-refractivity contribution in [3.8, 4) is 11.1 Å². The summed E-state index contributed by atoms with van der Waals surface area (Å²) in [5.41, 5.74) is 2.00. The maximum absolute atomic E-state index is 13.0. The first kappa shape index (κ1) is 17.3. The van der Waals surface area contributed by atoms with Crippen molar-refractivity contribution in [1.82, 2.24) is 30.0 Å². The number of rotatable bonds is 4. The van der Waals surface area contributed by atoms with E-state index in [0.29, 0.717) is 26.2 Å². The largest absolute Gasteiger partial charge is 0.338 e. The van der Waals surface area contributed by atoms with Crippen LogP contribution in [0.5, 0.6) is 0 Å². The van der Waals surface area contributed by atoms with Crippen LogP contribution in [0.15, 0.2) is 48.1 Å². The summed E-state index contributed by atoms with van der Waals surface area (Å²) < 4.78 is 1.40. The minimum Gasteiger partial charge on any atom is -0.338 e. The minimum atomic E-state index is -0.0458. The molecule has 1 aliphatic heterocycles. The molecule has 4 rings (SSSR count). The van der Waals surface area contributed by atoms with Crippen LogP contribution < -0.4 is 0 Å². The lowest BCUT2D eigenvalue weighted by atomic mass is 10.1. The Hall–Kier alpha value is -3.07. The van der Waals surface area contributed by atoms with Crippen LogP contribution in [0, 0.1) is 0 Å². The standard InChI is InChI=1S/C18H18N6O2S/c25-16(12-24-13-19-20-21-24)22-7-9-23(10-8-22)18(26)17-15(6-11-27-17)14-4-2-1-3-5-14/h1-6,11,13H,7-10,12H2. The summed E-state index contributed by atoms with van der Waals surface area (Å²) in [6.45, 7) is 2.18. The van der Waals surface area contributed by atoms with Gasteiger partial charge in [-0.15, -0.1) is 16.4 Å². The number of benzene rings is 1. The summed E-state index contributed by atoms with van der Waals surface area (Å²) in [6.07, 6.45) is 1.42. The molecule has 2 aromatic heterocycles. The van der Waals surface area contributed by atoms with Crippen LogP contribution in [0.2, 0.25) is 0 Å².